The van der Waals surface area contributed by atoms with Crippen LogP contribution in [0, 0.1) is 0 Å². The van der Waals surface area contributed by atoms with Crippen LogP contribution in [0.4, 0.5) is 0 Å². The summed E-state index contributed by atoms with van der Waals surface area (Å²) in [7, 11) is 1.99. The molecule has 2 unspecified atom stereocenters. The molecule has 1 aliphatic rings. The summed E-state index contributed by atoms with van der Waals surface area (Å²) in [6, 6.07) is 6.48. The Bertz CT molecular complexity index is 526. The third kappa shape index (κ3) is 1.88. The summed E-state index contributed by atoms with van der Waals surface area (Å²) in [6.45, 7) is 0. The van der Waals surface area contributed by atoms with Crippen LogP contribution < -0.4 is 5.32 Å². The normalized spacial score (nSPS) is 19.5. The lowest BCUT2D eigenvalue weighted by Gasteiger charge is -2.23. The molecule has 18 heavy (non-hydrogen) atoms. The van der Waals surface area contributed by atoms with E-state index in [0.29, 0.717) is 5.92 Å². The quantitative estimate of drug-likeness (QED) is 0.889. The fourth-order valence-electron chi connectivity index (χ4n) is 2.85. The number of nitrogens with one attached hydrogen (secondary N) is 1. The molecule has 0 bridgehead atoms. The van der Waals surface area contributed by atoms with Crippen LogP contribution in [0.2, 0.25) is 0 Å². The third-order valence-corrected chi connectivity index (χ3v) is 3.68. The van der Waals surface area contributed by atoms with Crippen molar-refractivity contribution in [2.45, 2.75) is 24.8 Å². The minimum atomic E-state index is 0.261. The van der Waals surface area contributed by atoms with Crippen molar-refractivity contribution < 1.29 is 0 Å². The highest BCUT2D eigenvalue weighted by atomic mass is 15.1. The Labute approximate surface area is 106 Å². The molecule has 2 aromatic rings. The van der Waals surface area contributed by atoms with Crippen LogP contribution >= 0.6 is 0 Å². The fourth-order valence-corrected chi connectivity index (χ4v) is 2.85. The van der Waals surface area contributed by atoms with Crippen LogP contribution in [0.5, 0.6) is 0 Å². The van der Waals surface area contributed by atoms with Crippen molar-refractivity contribution in [2.24, 2.45) is 0 Å². The summed E-state index contributed by atoms with van der Waals surface area (Å²) in [5.74, 6) is 0.426. The van der Waals surface area contributed by atoms with E-state index in [1.165, 1.54) is 16.8 Å². The van der Waals surface area contributed by atoms with Crippen LogP contribution in [0.25, 0.3) is 0 Å². The van der Waals surface area contributed by atoms with E-state index >= 15 is 0 Å². The van der Waals surface area contributed by atoms with Gasteiger partial charge in [0.1, 0.15) is 0 Å². The second-order valence-corrected chi connectivity index (χ2v) is 4.64. The summed E-state index contributed by atoms with van der Waals surface area (Å²) in [5.41, 5.74) is 3.79. The molecule has 0 radical (unpaired) electrons. The monoisotopic (exact) mass is 240 g/mol. The number of fused-ring (bicyclic) bond motifs is 1. The summed E-state index contributed by atoms with van der Waals surface area (Å²) >= 11 is 0. The van der Waals surface area contributed by atoms with E-state index in [4.69, 9.17) is 0 Å². The average molecular weight is 240 g/mol. The number of aryl methyl sites for hydroxylation is 1. The van der Waals surface area contributed by atoms with Crippen LogP contribution in [0.3, 0.4) is 0 Å². The highest BCUT2D eigenvalue weighted by molar-refractivity contribution is 5.32. The smallest absolute Gasteiger partial charge is 0.0544 e. The summed E-state index contributed by atoms with van der Waals surface area (Å²) < 4.78 is 0. The predicted molar refractivity (Wildman–Crippen MR) is 69.1 cm³/mol. The molecule has 4 nitrogen and oxygen atoms in total. The van der Waals surface area contributed by atoms with Gasteiger partial charge in [0, 0.05) is 30.0 Å². The van der Waals surface area contributed by atoms with E-state index in [-0.39, 0.29) is 6.04 Å². The number of nitrogens with zero attached hydrogens (tertiary/aromatic N) is 3. The van der Waals surface area contributed by atoms with Gasteiger partial charge in [0.25, 0.3) is 0 Å². The molecule has 0 saturated carbocycles. The lowest BCUT2D eigenvalue weighted by atomic mass is 9.92. The highest BCUT2D eigenvalue weighted by Gasteiger charge is 2.31. The number of likely N-dealkylation sites (N-methyl/N-ethyl adjacent to an activating group) is 1. The fraction of sp³-hybridized carbons (Fsp3) is 0.357. The van der Waals surface area contributed by atoms with E-state index in [0.717, 1.165) is 12.8 Å². The zero-order chi connectivity index (χ0) is 12.4. The lowest BCUT2D eigenvalue weighted by molar-refractivity contribution is 0.468. The van der Waals surface area contributed by atoms with Gasteiger partial charge in [-0.15, -0.1) is 0 Å². The molecular formula is C14H16N4. The van der Waals surface area contributed by atoms with Crippen molar-refractivity contribution in [3.05, 3.63) is 53.6 Å². The van der Waals surface area contributed by atoms with Crippen LogP contribution in [-0.4, -0.2) is 22.2 Å². The second-order valence-electron chi connectivity index (χ2n) is 4.64. The first-order valence-electron chi connectivity index (χ1n) is 6.28. The number of rotatable bonds is 3. The molecule has 1 aliphatic carbocycles. The van der Waals surface area contributed by atoms with Gasteiger partial charge in [0.05, 0.1) is 6.20 Å². The van der Waals surface area contributed by atoms with Crippen LogP contribution in [0.1, 0.15) is 35.2 Å². The minimum absolute atomic E-state index is 0.261. The summed E-state index contributed by atoms with van der Waals surface area (Å²) in [4.78, 5) is 4.56. The van der Waals surface area contributed by atoms with E-state index in [9.17, 15) is 0 Å². The highest BCUT2D eigenvalue weighted by Crippen LogP contribution is 2.39. The molecule has 0 saturated heterocycles. The zero-order valence-corrected chi connectivity index (χ0v) is 10.4. The molecule has 0 fully saturated rings. The Balaban J connectivity index is 1.95. The maximum Gasteiger partial charge on any atom is 0.0544 e. The van der Waals surface area contributed by atoms with Crippen molar-refractivity contribution in [1.82, 2.24) is 20.5 Å². The van der Waals surface area contributed by atoms with E-state index in [2.05, 4.69) is 26.6 Å². The maximum atomic E-state index is 4.56. The SMILES string of the molecule is CNC(c1ccnnc1)C1CCc2cccnc21. The first kappa shape index (κ1) is 11.3. The first-order chi connectivity index (χ1) is 8.90. The third-order valence-electron chi connectivity index (χ3n) is 3.68. The van der Waals surface area contributed by atoms with Crippen LogP contribution in [-0.2, 0) is 6.42 Å². The Morgan fingerprint density at radius 3 is 3.00 bits per heavy atom. The molecule has 3 rings (SSSR count). The van der Waals surface area contributed by atoms with Gasteiger partial charge >= 0.3 is 0 Å². The topological polar surface area (TPSA) is 50.7 Å². The Kier molecular flexibility index (Phi) is 3.02. The number of pyridine rings is 1. The molecule has 2 aromatic heterocycles. The van der Waals surface area contributed by atoms with Gasteiger partial charge in [0.2, 0.25) is 0 Å². The Morgan fingerprint density at radius 2 is 2.22 bits per heavy atom. The van der Waals surface area contributed by atoms with E-state index in [1.54, 1.807) is 6.20 Å². The molecule has 4 heteroatoms. The summed E-state index contributed by atoms with van der Waals surface area (Å²) in [6.07, 6.45) is 7.72. The standard InChI is InChI=1S/C14H16N4/c1-15-13(11-6-8-17-18-9-11)12-5-4-10-3-2-7-16-14(10)12/h2-3,6-9,12-13,15H,4-5H2,1H3. The van der Waals surface area contributed by atoms with Crippen molar-refractivity contribution in [2.75, 3.05) is 7.05 Å². The van der Waals surface area contributed by atoms with Gasteiger partial charge in [0.15, 0.2) is 0 Å². The largest absolute Gasteiger partial charge is 0.312 e. The van der Waals surface area contributed by atoms with Gasteiger partial charge < -0.3 is 5.32 Å². The molecule has 2 atom stereocenters. The van der Waals surface area contributed by atoms with E-state index < -0.39 is 0 Å². The maximum absolute atomic E-state index is 4.56. The number of aromatic nitrogens is 3. The Morgan fingerprint density at radius 1 is 1.28 bits per heavy atom. The van der Waals surface area contributed by atoms with Crippen molar-refractivity contribution in [3.8, 4) is 0 Å². The van der Waals surface area contributed by atoms with E-state index in [1.807, 2.05) is 31.6 Å². The van der Waals surface area contributed by atoms with Gasteiger partial charge in [-0.2, -0.15) is 10.2 Å². The average Bonchev–Trinajstić information content (AvgIpc) is 2.85. The molecule has 1 N–H and O–H groups in total. The number of hydrogen-bond acceptors (Lipinski definition) is 4. The molecule has 0 amide bonds. The zero-order valence-electron chi connectivity index (χ0n) is 10.4. The lowest BCUT2D eigenvalue weighted by Crippen LogP contribution is -2.23. The number of hydrogen-bond donors (Lipinski definition) is 1. The van der Waals surface area contributed by atoms with Gasteiger partial charge in [-0.3, -0.25) is 4.98 Å². The Hall–Kier alpha value is -1.81. The van der Waals surface area contributed by atoms with Gasteiger partial charge in [-0.1, -0.05) is 6.07 Å². The van der Waals surface area contributed by atoms with Crippen molar-refractivity contribution >= 4 is 0 Å². The molecule has 0 spiro atoms. The van der Waals surface area contributed by atoms with Gasteiger partial charge in [-0.05, 0) is 43.1 Å². The van der Waals surface area contributed by atoms with Crippen molar-refractivity contribution in [1.29, 1.82) is 0 Å². The molecule has 0 aliphatic heterocycles. The minimum Gasteiger partial charge on any atom is -0.312 e. The first-order valence-corrected chi connectivity index (χ1v) is 6.28. The van der Waals surface area contributed by atoms with Gasteiger partial charge in [-0.25, -0.2) is 0 Å². The van der Waals surface area contributed by atoms with Crippen molar-refractivity contribution in [3.63, 3.8) is 0 Å². The molecule has 92 valence electrons. The molecule has 2 heterocycles. The molecule has 0 aromatic carbocycles. The second kappa shape index (κ2) is 4.82. The predicted octanol–water partition coefficient (Wildman–Crippen LogP) is 1.86. The summed E-state index contributed by atoms with van der Waals surface area (Å²) in [5, 5.41) is 11.2. The molecular weight excluding hydrogens is 224 g/mol. The van der Waals surface area contributed by atoms with Crippen LogP contribution in [0.15, 0.2) is 36.8 Å².